The average Bonchev–Trinajstić information content (AvgIpc) is 1.87. The highest BCUT2D eigenvalue weighted by atomic mass is 16.4. The number of carbonyl (C=O) groups excluding carboxylic acids is 1. The standard InChI is InChI=1S/C7H13NO3/c1-3-4-7(2,5-9)8-6(10)11/h5,8H,3-4H2,1-2H3,(H,10,11). The van der Waals surface area contributed by atoms with Crippen LogP contribution in [0.15, 0.2) is 0 Å². The van der Waals surface area contributed by atoms with Gasteiger partial charge in [-0.25, -0.2) is 4.79 Å². The van der Waals surface area contributed by atoms with Crippen molar-refractivity contribution < 1.29 is 14.7 Å². The number of carboxylic acid groups (broad SMARTS) is 1. The number of nitrogens with one attached hydrogen (secondary N) is 1. The molecule has 0 aliphatic rings. The van der Waals surface area contributed by atoms with Crippen LogP contribution in [0.2, 0.25) is 0 Å². The van der Waals surface area contributed by atoms with Crippen molar-refractivity contribution >= 4 is 12.4 Å². The van der Waals surface area contributed by atoms with Crippen LogP contribution in [0.25, 0.3) is 0 Å². The van der Waals surface area contributed by atoms with Crippen molar-refractivity contribution in [2.24, 2.45) is 0 Å². The van der Waals surface area contributed by atoms with Crippen molar-refractivity contribution in [3.8, 4) is 0 Å². The van der Waals surface area contributed by atoms with Gasteiger partial charge in [-0.1, -0.05) is 13.3 Å². The van der Waals surface area contributed by atoms with Crippen molar-refractivity contribution in [3.05, 3.63) is 0 Å². The molecule has 0 aliphatic carbocycles. The zero-order valence-electron chi connectivity index (χ0n) is 6.76. The molecular weight excluding hydrogens is 146 g/mol. The van der Waals surface area contributed by atoms with Crippen LogP contribution in [0.3, 0.4) is 0 Å². The lowest BCUT2D eigenvalue weighted by Gasteiger charge is -2.21. The number of carbonyl (C=O) groups is 2. The van der Waals surface area contributed by atoms with E-state index in [1.54, 1.807) is 6.92 Å². The zero-order chi connectivity index (χ0) is 8.91. The van der Waals surface area contributed by atoms with E-state index in [-0.39, 0.29) is 0 Å². The summed E-state index contributed by atoms with van der Waals surface area (Å²) in [7, 11) is 0. The Bertz CT molecular complexity index is 158. The first-order valence-corrected chi connectivity index (χ1v) is 3.51. The number of rotatable bonds is 4. The third-order valence-electron chi connectivity index (χ3n) is 1.42. The summed E-state index contributed by atoms with van der Waals surface area (Å²) >= 11 is 0. The van der Waals surface area contributed by atoms with Crippen molar-refractivity contribution in [3.63, 3.8) is 0 Å². The quantitative estimate of drug-likeness (QED) is 0.601. The van der Waals surface area contributed by atoms with Crippen LogP contribution in [-0.4, -0.2) is 23.0 Å². The van der Waals surface area contributed by atoms with E-state index in [9.17, 15) is 9.59 Å². The van der Waals surface area contributed by atoms with Crippen molar-refractivity contribution in [1.82, 2.24) is 5.32 Å². The summed E-state index contributed by atoms with van der Waals surface area (Å²) in [6.07, 6.45) is 0.774. The minimum atomic E-state index is -1.16. The molecule has 4 nitrogen and oxygen atoms in total. The predicted octanol–water partition coefficient (Wildman–Crippen LogP) is 1.01. The molecule has 0 aromatic heterocycles. The molecule has 4 heteroatoms. The summed E-state index contributed by atoms with van der Waals surface area (Å²) in [4.78, 5) is 20.6. The summed E-state index contributed by atoms with van der Waals surface area (Å²) in [6, 6.07) is 0. The first-order chi connectivity index (χ1) is 5.04. The topological polar surface area (TPSA) is 66.4 Å². The molecule has 0 fully saturated rings. The van der Waals surface area contributed by atoms with Crippen LogP contribution in [-0.2, 0) is 4.79 Å². The Labute approximate surface area is 65.6 Å². The van der Waals surface area contributed by atoms with Gasteiger partial charge in [0.05, 0.1) is 5.54 Å². The van der Waals surface area contributed by atoms with E-state index in [4.69, 9.17) is 5.11 Å². The maximum Gasteiger partial charge on any atom is 0.405 e. The molecule has 0 radical (unpaired) electrons. The van der Waals surface area contributed by atoms with E-state index in [2.05, 4.69) is 5.32 Å². The fraction of sp³-hybridized carbons (Fsp3) is 0.714. The van der Waals surface area contributed by atoms with Gasteiger partial charge in [0.25, 0.3) is 0 Å². The molecule has 0 aromatic carbocycles. The van der Waals surface area contributed by atoms with E-state index >= 15 is 0 Å². The molecule has 0 aromatic rings. The van der Waals surface area contributed by atoms with Gasteiger partial charge in [-0.3, -0.25) is 0 Å². The van der Waals surface area contributed by atoms with Crippen LogP contribution in [0, 0.1) is 0 Å². The molecule has 1 atom stereocenters. The fourth-order valence-corrected chi connectivity index (χ4v) is 0.915. The van der Waals surface area contributed by atoms with E-state index < -0.39 is 11.6 Å². The van der Waals surface area contributed by atoms with Crippen LogP contribution in [0.4, 0.5) is 4.79 Å². The Morgan fingerprint density at radius 1 is 1.73 bits per heavy atom. The van der Waals surface area contributed by atoms with Crippen molar-refractivity contribution in [1.29, 1.82) is 0 Å². The van der Waals surface area contributed by atoms with E-state index in [1.165, 1.54) is 0 Å². The Hall–Kier alpha value is -1.06. The third kappa shape index (κ3) is 3.60. The van der Waals surface area contributed by atoms with Gasteiger partial charge in [-0.2, -0.15) is 0 Å². The van der Waals surface area contributed by atoms with Gasteiger partial charge in [0.15, 0.2) is 0 Å². The monoisotopic (exact) mass is 159 g/mol. The lowest BCUT2D eigenvalue weighted by atomic mass is 9.99. The Morgan fingerprint density at radius 3 is 2.55 bits per heavy atom. The van der Waals surface area contributed by atoms with Gasteiger partial charge < -0.3 is 15.2 Å². The summed E-state index contributed by atoms with van der Waals surface area (Å²) in [5, 5.41) is 10.5. The molecule has 0 heterocycles. The minimum absolute atomic E-state index is 0.531. The largest absolute Gasteiger partial charge is 0.465 e. The molecular formula is C7H13NO3. The highest BCUT2D eigenvalue weighted by Gasteiger charge is 2.23. The van der Waals surface area contributed by atoms with Gasteiger partial charge in [-0.15, -0.1) is 0 Å². The molecule has 2 N–H and O–H groups in total. The van der Waals surface area contributed by atoms with Crippen LogP contribution in [0.5, 0.6) is 0 Å². The molecule has 1 unspecified atom stereocenters. The van der Waals surface area contributed by atoms with Gasteiger partial charge in [0.2, 0.25) is 0 Å². The fourth-order valence-electron chi connectivity index (χ4n) is 0.915. The van der Waals surface area contributed by atoms with Gasteiger partial charge >= 0.3 is 6.09 Å². The molecule has 0 spiro atoms. The Morgan fingerprint density at radius 2 is 2.27 bits per heavy atom. The summed E-state index contributed by atoms with van der Waals surface area (Å²) in [5.41, 5.74) is -0.916. The smallest absolute Gasteiger partial charge is 0.405 e. The molecule has 0 saturated carbocycles. The summed E-state index contributed by atoms with van der Waals surface area (Å²) < 4.78 is 0. The number of aldehydes is 1. The first-order valence-electron chi connectivity index (χ1n) is 3.51. The second-order valence-electron chi connectivity index (χ2n) is 2.72. The highest BCUT2D eigenvalue weighted by molar-refractivity contribution is 5.74. The number of amides is 1. The molecule has 0 aliphatic heterocycles. The predicted molar refractivity (Wildman–Crippen MR) is 40.5 cm³/mol. The van der Waals surface area contributed by atoms with Gasteiger partial charge in [0, 0.05) is 0 Å². The summed E-state index contributed by atoms with van der Waals surface area (Å²) in [5.74, 6) is 0. The molecule has 11 heavy (non-hydrogen) atoms. The summed E-state index contributed by atoms with van der Waals surface area (Å²) in [6.45, 7) is 3.46. The maximum atomic E-state index is 10.4. The number of hydrogen-bond donors (Lipinski definition) is 2. The van der Waals surface area contributed by atoms with E-state index in [1.807, 2.05) is 6.92 Å². The van der Waals surface area contributed by atoms with Crippen molar-refractivity contribution in [2.75, 3.05) is 0 Å². The zero-order valence-corrected chi connectivity index (χ0v) is 6.76. The molecule has 0 bridgehead atoms. The Balaban J connectivity index is 4.09. The molecule has 1 amide bonds. The highest BCUT2D eigenvalue weighted by Crippen LogP contribution is 2.08. The van der Waals surface area contributed by atoms with E-state index in [0.717, 1.165) is 6.42 Å². The molecule has 64 valence electrons. The maximum absolute atomic E-state index is 10.4. The van der Waals surface area contributed by atoms with Crippen LogP contribution in [0.1, 0.15) is 26.7 Å². The molecule has 0 saturated heterocycles. The second-order valence-corrected chi connectivity index (χ2v) is 2.72. The van der Waals surface area contributed by atoms with Crippen LogP contribution < -0.4 is 5.32 Å². The molecule has 0 rings (SSSR count). The van der Waals surface area contributed by atoms with Gasteiger partial charge in [0.1, 0.15) is 6.29 Å². The normalized spacial score (nSPS) is 15.1. The lowest BCUT2D eigenvalue weighted by molar-refractivity contribution is -0.112. The second kappa shape index (κ2) is 3.95. The Kier molecular flexibility index (Phi) is 3.57. The number of hydrogen-bond acceptors (Lipinski definition) is 2. The van der Waals surface area contributed by atoms with Crippen LogP contribution >= 0.6 is 0 Å². The van der Waals surface area contributed by atoms with Gasteiger partial charge in [-0.05, 0) is 13.3 Å². The third-order valence-corrected chi connectivity index (χ3v) is 1.42. The lowest BCUT2D eigenvalue weighted by Crippen LogP contribution is -2.46. The minimum Gasteiger partial charge on any atom is -0.465 e. The SMILES string of the molecule is CCCC(C)(C=O)NC(=O)O. The van der Waals surface area contributed by atoms with E-state index in [0.29, 0.717) is 12.7 Å². The van der Waals surface area contributed by atoms with Crippen molar-refractivity contribution in [2.45, 2.75) is 32.2 Å². The first kappa shape index (κ1) is 9.94. The average molecular weight is 159 g/mol.